The Morgan fingerprint density at radius 2 is 2.10 bits per heavy atom. The Morgan fingerprint density at radius 3 is 2.72 bits per heavy atom. The molecular formula is C20H25ClN4O2S2. The first kappa shape index (κ1) is 21.8. The molecular weight excluding hydrogens is 428 g/mol. The highest BCUT2D eigenvalue weighted by Gasteiger charge is 2.46. The van der Waals surface area contributed by atoms with E-state index in [0.29, 0.717) is 21.3 Å². The van der Waals surface area contributed by atoms with Crippen LogP contribution in [0.15, 0.2) is 29.3 Å². The molecule has 3 heterocycles. The lowest BCUT2D eigenvalue weighted by molar-refractivity contribution is 0.0954. The standard InChI is InChI=1S/C20H25ClN4O2S2/c1-12-7-6-8-13(24-12)10-23-17(26)15-9-14(21)16(28-15)20(4)11-29(5,27)19(2,3)18(22)25-20/h6-9H,5,10-11H2,1-4H3,(H2,22,25)(H,23,26)/t20-,29?/m0/s1. The van der Waals surface area contributed by atoms with Crippen molar-refractivity contribution in [3.63, 3.8) is 0 Å². The molecule has 0 bridgehead atoms. The van der Waals surface area contributed by atoms with Gasteiger partial charge in [-0.1, -0.05) is 17.7 Å². The number of nitrogens with zero attached hydrogens (tertiary/aromatic N) is 2. The fourth-order valence-corrected chi connectivity index (χ4v) is 6.72. The van der Waals surface area contributed by atoms with Crippen LogP contribution < -0.4 is 11.1 Å². The minimum atomic E-state index is -2.56. The Bertz CT molecular complexity index is 1110. The summed E-state index contributed by atoms with van der Waals surface area (Å²) in [6, 6.07) is 7.26. The fraction of sp³-hybridized carbons (Fsp3) is 0.400. The Kier molecular flexibility index (Phi) is 5.57. The van der Waals surface area contributed by atoms with Crippen molar-refractivity contribution in [3.05, 3.63) is 50.4 Å². The lowest BCUT2D eigenvalue weighted by Gasteiger charge is -2.40. The predicted molar refractivity (Wildman–Crippen MR) is 123 cm³/mol. The molecule has 0 aliphatic carbocycles. The second-order valence-electron chi connectivity index (χ2n) is 7.98. The van der Waals surface area contributed by atoms with Gasteiger partial charge in [-0.3, -0.25) is 19.0 Å². The average molecular weight is 453 g/mol. The number of thiophene rings is 1. The zero-order chi connectivity index (χ0) is 21.6. The van der Waals surface area contributed by atoms with Crippen LogP contribution in [0.1, 0.15) is 46.7 Å². The molecule has 0 spiro atoms. The topological polar surface area (TPSA) is 97.4 Å². The summed E-state index contributed by atoms with van der Waals surface area (Å²) in [5.41, 5.74) is 6.92. The first-order chi connectivity index (χ1) is 13.4. The monoisotopic (exact) mass is 452 g/mol. The number of nitrogens with two attached hydrogens (primary N) is 1. The van der Waals surface area contributed by atoms with E-state index in [0.717, 1.165) is 11.4 Å². The third kappa shape index (κ3) is 4.06. The fourth-order valence-electron chi connectivity index (χ4n) is 3.18. The second kappa shape index (κ2) is 7.41. The molecule has 1 amide bonds. The van der Waals surface area contributed by atoms with Gasteiger partial charge in [-0.05, 0) is 61.3 Å². The Balaban J connectivity index is 1.86. The van der Waals surface area contributed by atoms with E-state index < -0.39 is 19.8 Å². The van der Waals surface area contributed by atoms with Gasteiger partial charge in [0.05, 0.1) is 31.8 Å². The SMILES string of the molecule is C=S1(=O)C[C@@](C)(c2sc(C(=O)NCc3cccc(C)n3)cc2Cl)N=C(N)C1(C)C. The van der Waals surface area contributed by atoms with E-state index in [-0.39, 0.29) is 17.5 Å². The molecule has 0 fully saturated rings. The lowest BCUT2D eigenvalue weighted by atomic mass is 10.0. The third-order valence-corrected chi connectivity index (χ3v) is 10.1. The van der Waals surface area contributed by atoms with Crippen LogP contribution in [0, 0.1) is 6.92 Å². The van der Waals surface area contributed by atoms with Gasteiger partial charge in [0, 0.05) is 11.4 Å². The van der Waals surface area contributed by atoms with Gasteiger partial charge >= 0.3 is 0 Å². The van der Waals surface area contributed by atoms with Gasteiger partial charge in [0.2, 0.25) is 0 Å². The van der Waals surface area contributed by atoms with Crippen LogP contribution in [-0.2, 0) is 21.6 Å². The van der Waals surface area contributed by atoms with Gasteiger partial charge in [0.15, 0.2) is 0 Å². The van der Waals surface area contributed by atoms with Crippen molar-refractivity contribution >= 4 is 50.1 Å². The molecule has 0 aromatic carbocycles. The molecule has 2 aromatic heterocycles. The maximum atomic E-state index is 13.2. The van der Waals surface area contributed by atoms with Crippen molar-refractivity contribution in [2.75, 3.05) is 5.75 Å². The molecule has 2 aromatic rings. The van der Waals surface area contributed by atoms with Gasteiger partial charge in [-0.15, -0.1) is 11.3 Å². The first-order valence-corrected chi connectivity index (χ1v) is 12.2. The molecule has 9 heteroatoms. The highest BCUT2D eigenvalue weighted by Crippen LogP contribution is 2.43. The molecule has 1 aliphatic rings. The summed E-state index contributed by atoms with van der Waals surface area (Å²) in [5.74, 6) is 4.18. The van der Waals surface area contributed by atoms with Gasteiger partial charge in [0.1, 0.15) is 11.4 Å². The van der Waals surface area contributed by atoms with Gasteiger partial charge in [0.25, 0.3) is 5.91 Å². The molecule has 1 unspecified atom stereocenters. The average Bonchev–Trinajstić information content (AvgIpc) is 3.00. The number of nitrogens with one attached hydrogen (secondary N) is 1. The van der Waals surface area contributed by atoms with Crippen LogP contribution in [-0.4, -0.2) is 37.3 Å². The molecule has 1 aliphatic heterocycles. The van der Waals surface area contributed by atoms with Gasteiger partial charge in [-0.2, -0.15) is 0 Å². The number of pyridine rings is 1. The minimum Gasteiger partial charge on any atom is -0.386 e. The van der Waals surface area contributed by atoms with E-state index in [1.165, 1.54) is 11.3 Å². The molecule has 156 valence electrons. The van der Waals surface area contributed by atoms with Crippen molar-refractivity contribution in [1.82, 2.24) is 10.3 Å². The first-order valence-electron chi connectivity index (χ1n) is 9.06. The Hall–Kier alpha value is -1.90. The number of carbonyl (C=O) groups is 1. The summed E-state index contributed by atoms with van der Waals surface area (Å²) in [6.07, 6.45) is 0. The van der Waals surface area contributed by atoms with E-state index in [9.17, 15) is 9.00 Å². The van der Waals surface area contributed by atoms with Gasteiger partial charge in [-0.25, -0.2) is 0 Å². The van der Waals surface area contributed by atoms with E-state index in [1.54, 1.807) is 19.9 Å². The number of aliphatic imine (C=N–C) groups is 1. The minimum absolute atomic E-state index is 0.211. The molecule has 0 saturated carbocycles. The van der Waals surface area contributed by atoms with Crippen LogP contribution >= 0.6 is 22.9 Å². The number of amides is 1. The number of carbonyl (C=O) groups excluding carboxylic acids is 1. The summed E-state index contributed by atoms with van der Waals surface area (Å²) in [5, 5.41) is 3.26. The normalized spacial score (nSPS) is 26.0. The maximum Gasteiger partial charge on any atom is 0.261 e. The molecule has 0 radical (unpaired) electrons. The summed E-state index contributed by atoms with van der Waals surface area (Å²) in [6.45, 7) is 7.62. The molecule has 3 rings (SSSR count). The molecule has 29 heavy (non-hydrogen) atoms. The number of aromatic nitrogens is 1. The van der Waals surface area contributed by atoms with Crippen molar-refractivity contribution in [2.24, 2.45) is 10.7 Å². The zero-order valence-corrected chi connectivity index (χ0v) is 19.3. The van der Waals surface area contributed by atoms with Crippen LogP contribution in [0.4, 0.5) is 0 Å². The number of halogens is 1. The molecule has 6 nitrogen and oxygen atoms in total. The summed E-state index contributed by atoms with van der Waals surface area (Å²) in [7, 11) is -2.56. The van der Waals surface area contributed by atoms with Crippen molar-refractivity contribution in [3.8, 4) is 0 Å². The van der Waals surface area contributed by atoms with Crippen LogP contribution in [0.3, 0.4) is 0 Å². The summed E-state index contributed by atoms with van der Waals surface area (Å²) >= 11 is 7.69. The van der Waals surface area contributed by atoms with Crippen molar-refractivity contribution in [1.29, 1.82) is 0 Å². The predicted octanol–water partition coefficient (Wildman–Crippen LogP) is 3.12. The number of rotatable bonds is 4. The van der Waals surface area contributed by atoms with Crippen LogP contribution in [0.25, 0.3) is 0 Å². The quantitative estimate of drug-likeness (QED) is 0.696. The van der Waals surface area contributed by atoms with Crippen molar-refractivity contribution < 1.29 is 9.00 Å². The molecule has 3 N–H and O–H groups in total. The number of hydrogen-bond acceptors (Lipinski definition) is 6. The highest BCUT2D eigenvalue weighted by molar-refractivity contribution is 8.02. The summed E-state index contributed by atoms with van der Waals surface area (Å²) < 4.78 is 12.4. The van der Waals surface area contributed by atoms with E-state index >= 15 is 0 Å². The summed E-state index contributed by atoms with van der Waals surface area (Å²) in [4.78, 5) is 22.8. The van der Waals surface area contributed by atoms with E-state index in [1.807, 2.05) is 32.0 Å². The molecule has 2 atom stereocenters. The number of hydrogen-bond donors (Lipinski definition) is 2. The van der Waals surface area contributed by atoms with Crippen LogP contribution in [0.5, 0.6) is 0 Å². The van der Waals surface area contributed by atoms with E-state index in [4.69, 9.17) is 17.3 Å². The second-order valence-corrected chi connectivity index (χ2v) is 12.4. The Morgan fingerprint density at radius 1 is 1.41 bits per heavy atom. The number of aryl methyl sites for hydroxylation is 1. The highest BCUT2D eigenvalue weighted by atomic mass is 35.5. The van der Waals surface area contributed by atoms with Crippen molar-refractivity contribution in [2.45, 2.75) is 44.5 Å². The molecule has 0 saturated heterocycles. The largest absolute Gasteiger partial charge is 0.386 e. The number of amidine groups is 1. The zero-order valence-electron chi connectivity index (χ0n) is 16.9. The Labute approximate surface area is 180 Å². The van der Waals surface area contributed by atoms with E-state index in [2.05, 4.69) is 21.2 Å². The maximum absolute atomic E-state index is 13.2. The van der Waals surface area contributed by atoms with Crippen LogP contribution in [0.2, 0.25) is 5.02 Å². The third-order valence-electron chi connectivity index (χ3n) is 5.20. The van der Waals surface area contributed by atoms with Gasteiger partial charge < -0.3 is 11.1 Å². The smallest absolute Gasteiger partial charge is 0.261 e. The lowest BCUT2D eigenvalue weighted by Crippen LogP contribution is -2.54.